The number of hydrogen-bond donors (Lipinski definition) is 1. The molecule has 16 heavy (non-hydrogen) atoms. The van der Waals surface area contributed by atoms with E-state index in [1.807, 2.05) is 25.7 Å². The Labute approximate surface area is 96.4 Å². The second-order valence-corrected chi connectivity index (χ2v) is 4.18. The van der Waals surface area contributed by atoms with Crippen LogP contribution in [0.25, 0.3) is 0 Å². The van der Waals surface area contributed by atoms with Gasteiger partial charge < -0.3 is 15.1 Å². The highest BCUT2D eigenvalue weighted by Crippen LogP contribution is 2.12. The third kappa shape index (κ3) is 3.10. The van der Waals surface area contributed by atoms with Gasteiger partial charge in [0.05, 0.1) is 5.56 Å². The molecule has 0 aliphatic rings. The number of furan rings is 1. The Morgan fingerprint density at radius 3 is 2.69 bits per heavy atom. The number of rotatable bonds is 5. The topological polar surface area (TPSA) is 59.5 Å². The Morgan fingerprint density at radius 2 is 2.25 bits per heavy atom. The van der Waals surface area contributed by atoms with E-state index in [0.717, 1.165) is 12.2 Å². The van der Waals surface area contributed by atoms with Crippen molar-refractivity contribution in [3.63, 3.8) is 0 Å². The highest BCUT2D eigenvalue weighted by Gasteiger charge is 2.19. The summed E-state index contributed by atoms with van der Waals surface area (Å²) >= 11 is 0. The van der Waals surface area contributed by atoms with Crippen LogP contribution in [0.1, 0.15) is 36.4 Å². The summed E-state index contributed by atoms with van der Waals surface area (Å²) < 4.78 is 5.15. The summed E-state index contributed by atoms with van der Waals surface area (Å²) in [7, 11) is 0. The summed E-state index contributed by atoms with van der Waals surface area (Å²) in [5.74, 6) is 0.770. The van der Waals surface area contributed by atoms with E-state index < -0.39 is 0 Å². The molecular formula is C12H20N2O2. The monoisotopic (exact) mass is 224 g/mol. The predicted octanol–water partition coefficient (Wildman–Crippen LogP) is 1.79. The number of carbonyl (C=O) groups is 1. The number of carbonyl (C=O) groups excluding carboxylic acids is 1. The first-order chi connectivity index (χ1) is 7.56. The fraction of sp³-hybridized carbons (Fsp3) is 0.583. The first-order valence-electron chi connectivity index (χ1n) is 5.62. The predicted molar refractivity (Wildman–Crippen MR) is 63.3 cm³/mol. The molecule has 0 unspecified atom stereocenters. The third-order valence-electron chi connectivity index (χ3n) is 2.46. The molecule has 0 radical (unpaired) electrons. The minimum absolute atomic E-state index is 0.0142. The second-order valence-electron chi connectivity index (χ2n) is 4.18. The molecule has 4 nitrogen and oxygen atoms in total. The van der Waals surface area contributed by atoms with Crippen LogP contribution in [0, 0.1) is 6.92 Å². The van der Waals surface area contributed by atoms with Crippen LogP contribution < -0.4 is 5.73 Å². The van der Waals surface area contributed by atoms with Gasteiger partial charge in [-0.2, -0.15) is 0 Å². The van der Waals surface area contributed by atoms with E-state index in [2.05, 4.69) is 0 Å². The third-order valence-corrected chi connectivity index (χ3v) is 2.46. The average Bonchev–Trinajstić information content (AvgIpc) is 2.64. The molecule has 0 spiro atoms. The molecular weight excluding hydrogens is 204 g/mol. The number of nitrogens with two attached hydrogens (primary N) is 1. The Bertz CT molecular complexity index is 345. The smallest absolute Gasteiger partial charge is 0.257 e. The summed E-state index contributed by atoms with van der Waals surface area (Å²) in [6.07, 6.45) is 2.33. The lowest BCUT2D eigenvalue weighted by Crippen LogP contribution is -2.38. The van der Waals surface area contributed by atoms with Crippen molar-refractivity contribution < 1.29 is 9.21 Å². The molecule has 1 rings (SSSR count). The maximum absolute atomic E-state index is 12.1. The van der Waals surface area contributed by atoms with E-state index in [4.69, 9.17) is 10.2 Å². The summed E-state index contributed by atoms with van der Waals surface area (Å²) in [6, 6.07) is 1.94. The molecule has 0 saturated heterocycles. The summed E-state index contributed by atoms with van der Waals surface area (Å²) in [5, 5.41) is 0. The molecule has 0 bridgehead atoms. The van der Waals surface area contributed by atoms with Gasteiger partial charge in [0.25, 0.3) is 5.91 Å². The van der Waals surface area contributed by atoms with Crippen LogP contribution in [-0.2, 0) is 0 Å². The average molecular weight is 224 g/mol. The molecule has 0 saturated carbocycles. The SMILES string of the molecule is Cc1cc(C(=O)N(CCCN)C(C)C)co1. The summed E-state index contributed by atoms with van der Waals surface area (Å²) in [6.45, 7) is 7.12. The molecule has 1 heterocycles. The Balaban J connectivity index is 2.74. The van der Waals surface area contributed by atoms with Gasteiger partial charge in [0.2, 0.25) is 0 Å². The zero-order valence-corrected chi connectivity index (χ0v) is 10.2. The number of hydrogen-bond acceptors (Lipinski definition) is 3. The van der Waals surface area contributed by atoms with E-state index in [1.165, 1.54) is 6.26 Å². The maximum atomic E-state index is 12.1. The van der Waals surface area contributed by atoms with Gasteiger partial charge in [0.15, 0.2) is 0 Å². The van der Waals surface area contributed by atoms with Gasteiger partial charge in [0.1, 0.15) is 12.0 Å². The van der Waals surface area contributed by atoms with Crippen molar-refractivity contribution in [2.75, 3.05) is 13.1 Å². The van der Waals surface area contributed by atoms with Crippen molar-refractivity contribution >= 4 is 5.91 Å². The molecule has 4 heteroatoms. The van der Waals surface area contributed by atoms with Crippen LogP contribution in [-0.4, -0.2) is 29.9 Å². The standard InChI is InChI=1S/C12H20N2O2/c1-9(2)14(6-4-5-13)12(15)11-7-10(3)16-8-11/h7-9H,4-6,13H2,1-3H3. The van der Waals surface area contributed by atoms with E-state index >= 15 is 0 Å². The van der Waals surface area contributed by atoms with Crippen molar-refractivity contribution in [3.05, 3.63) is 23.7 Å². The van der Waals surface area contributed by atoms with Gasteiger partial charge in [0, 0.05) is 12.6 Å². The minimum Gasteiger partial charge on any atom is -0.469 e. The molecule has 1 amide bonds. The van der Waals surface area contributed by atoms with E-state index in [1.54, 1.807) is 6.07 Å². The zero-order valence-electron chi connectivity index (χ0n) is 10.2. The van der Waals surface area contributed by atoms with Gasteiger partial charge in [-0.25, -0.2) is 0 Å². The summed E-state index contributed by atoms with van der Waals surface area (Å²) in [5.41, 5.74) is 6.08. The van der Waals surface area contributed by atoms with Gasteiger partial charge in [-0.15, -0.1) is 0 Å². The zero-order chi connectivity index (χ0) is 12.1. The molecule has 0 fully saturated rings. The van der Waals surface area contributed by atoms with Crippen molar-refractivity contribution in [1.82, 2.24) is 4.90 Å². The van der Waals surface area contributed by atoms with Crippen LogP contribution in [0.5, 0.6) is 0 Å². The molecule has 1 aromatic heterocycles. The molecule has 0 atom stereocenters. The molecule has 90 valence electrons. The highest BCUT2D eigenvalue weighted by atomic mass is 16.3. The van der Waals surface area contributed by atoms with Crippen molar-refractivity contribution in [2.24, 2.45) is 5.73 Å². The maximum Gasteiger partial charge on any atom is 0.257 e. The van der Waals surface area contributed by atoms with Crippen LogP contribution in [0.2, 0.25) is 0 Å². The van der Waals surface area contributed by atoms with E-state index in [9.17, 15) is 4.79 Å². The van der Waals surface area contributed by atoms with Crippen LogP contribution >= 0.6 is 0 Å². The van der Waals surface area contributed by atoms with Crippen molar-refractivity contribution in [2.45, 2.75) is 33.2 Å². The molecule has 1 aromatic rings. The Hall–Kier alpha value is -1.29. The number of amides is 1. The fourth-order valence-corrected chi connectivity index (χ4v) is 1.58. The highest BCUT2D eigenvalue weighted by molar-refractivity contribution is 5.94. The summed E-state index contributed by atoms with van der Waals surface area (Å²) in [4.78, 5) is 13.9. The second kappa shape index (κ2) is 5.70. The lowest BCUT2D eigenvalue weighted by atomic mass is 10.2. The van der Waals surface area contributed by atoms with Gasteiger partial charge in [-0.05, 0) is 39.8 Å². The van der Waals surface area contributed by atoms with E-state index in [0.29, 0.717) is 18.7 Å². The Kier molecular flexibility index (Phi) is 4.55. The van der Waals surface area contributed by atoms with Crippen LogP contribution in [0.3, 0.4) is 0 Å². The van der Waals surface area contributed by atoms with E-state index in [-0.39, 0.29) is 11.9 Å². The van der Waals surface area contributed by atoms with Crippen molar-refractivity contribution in [3.8, 4) is 0 Å². The normalized spacial score (nSPS) is 10.8. The molecule has 0 aliphatic heterocycles. The minimum atomic E-state index is 0.0142. The van der Waals surface area contributed by atoms with Crippen molar-refractivity contribution in [1.29, 1.82) is 0 Å². The molecule has 0 aromatic carbocycles. The first kappa shape index (κ1) is 12.8. The van der Waals surface area contributed by atoms with Crippen LogP contribution in [0.4, 0.5) is 0 Å². The van der Waals surface area contributed by atoms with Gasteiger partial charge in [-0.3, -0.25) is 4.79 Å². The fourth-order valence-electron chi connectivity index (χ4n) is 1.58. The first-order valence-corrected chi connectivity index (χ1v) is 5.62. The number of aryl methyl sites for hydroxylation is 1. The van der Waals surface area contributed by atoms with Gasteiger partial charge >= 0.3 is 0 Å². The lowest BCUT2D eigenvalue weighted by Gasteiger charge is -2.26. The van der Waals surface area contributed by atoms with Crippen LogP contribution in [0.15, 0.2) is 16.7 Å². The quantitative estimate of drug-likeness (QED) is 0.829. The largest absolute Gasteiger partial charge is 0.469 e. The molecule has 2 N–H and O–H groups in total. The molecule has 0 aliphatic carbocycles. The van der Waals surface area contributed by atoms with Gasteiger partial charge in [-0.1, -0.05) is 0 Å². The number of nitrogens with zero attached hydrogens (tertiary/aromatic N) is 1. The lowest BCUT2D eigenvalue weighted by molar-refractivity contribution is 0.0704. The Morgan fingerprint density at radius 1 is 1.56 bits per heavy atom.